The first-order valence-electron chi connectivity index (χ1n) is 13.7. The Hall–Kier alpha value is -3.65. The number of benzene rings is 3. The maximum atomic E-state index is 13.9. The highest BCUT2D eigenvalue weighted by Gasteiger charge is 2.31. The minimum Gasteiger partial charge on any atom is -0.352 e. The summed E-state index contributed by atoms with van der Waals surface area (Å²) >= 11 is 0. The fourth-order valence-electron chi connectivity index (χ4n) is 4.69. The molecule has 0 spiro atoms. The fourth-order valence-corrected chi connectivity index (χ4v) is 5.65. The summed E-state index contributed by atoms with van der Waals surface area (Å²) in [5.74, 6) is -0.404. The summed E-state index contributed by atoms with van der Waals surface area (Å²) in [4.78, 5) is 29.1. The van der Waals surface area contributed by atoms with Gasteiger partial charge in [0, 0.05) is 32.0 Å². The first kappa shape index (κ1) is 30.9. The highest BCUT2D eigenvalue weighted by molar-refractivity contribution is 7.92. The summed E-state index contributed by atoms with van der Waals surface area (Å²) in [7, 11) is -3.55. The van der Waals surface area contributed by atoms with E-state index in [1.165, 1.54) is 10.6 Å². The molecule has 0 aliphatic carbocycles. The highest BCUT2D eigenvalue weighted by atomic mass is 32.2. The van der Waals surface area contributed by atoms with E-state index < -0.39 is 16.1 Å². The average molecular weight is 564 g/mol. The van der Waals surface area contributed by atoms with Gasteiger partial charge in [-0.2, -0.15) is 0 Å². The fraction of sp³-hybridized carbons (Fsp3) is 0.375. The van der Waals surface area contributed by atoms with Crippen molar-refractivity contribution in [2.45, 2.75) is 65.6 Å². The molecule has 214 valence electrons. The van der Waals surface area contributed by atoms with Gasteiger partial charge in [-0.3, -0.25) is 13.9 Å². The van der Waals surface area contributed by atoms with Gasteiger partial charge in [0.1, 0.15) is 6.04 Å². The Morgan fingerprint density at radius 1 is 0.900 bits per heavy atom. The monoisotopic (exact) mass is 563 g/mol. The molecular weight excluding hydrogens is 522 g/mol. The van der Waals surface area contributed by atoms with Crippen molar-refractivity contribution in [3.8, 4) is 0 Å². The molecule has 0 bridgehead atoms. The van der Waals surface area contributed by atoms with Crippen LogP contribution in [0.15, 0.2) is 78.9 Å². The molecule has 0 aromatic heterocycles. The quantitative estimate of drug-likeness (QED) is 0.317. The smallest absolute Gasteiger partial charge is 0.243 e. The number of amides is 2. The second-order valence-corrected chi connectivity index (χ2v) is 12.5. The summed E-state index contributed by atoms with van der Waals surface area (Å²) in [6, 6.07) is 24.0. The van der Waals surface area contributed by atoms with Crippen LogP contribution in [0.5, 0.6) is 0 Å². The second kappa shape index (κ2) is 14.1. The molecule has 0 fully saturated rings. The lowest BCUT2D eigenvalue weighted by atomic mass is 10.0. The minimum atomic E-state index is -3.55. The van der Waals surface area contributed by atoms with Gasteiger partial charge < -0.3 is 10.2 Å². The zero-order valence-electron chi connectivity index (χ0n) is 24.1. The average Bonchev–Trinajstić information content (AvgIpc) is 2.89. The van der Waals surface area contributed by atoms with Crippen LogP contribution in [0.2, 0.25) is 0 Å². The number of hydrogen-bond acceptors (Lipinski definition) is 4. The van der Waals surface area contributed by atoms with Crippen LogP contribution in [-0.4, -0.2) is 50.0 Å². The molecule has 0 radical (unpaired) electrons. The third-order valence-corrected chi connectivity index (χ3v) is 7.94. The molecule has 0 aliphatic heterocycles. The van der Waals surface area contributed by atoms with Crippen molar-refractivity contribution in [2.75, 3.05) is 17.1 Å². The Morgan fingerprint density at radius 2 is 1.57 bits per heavy atom. The van der Waals surface area contributed by atoms with E-state index in [9.17, 15) is 18.0 Å². The van der Waals surface area contributed by atoms with Gasteiger partial charge in [0.25, 0.3) is 0 Å². The molecule has 0 saturated carbocycles. The van der Waals surface area contributed by atoms with Crippen molar-refractivity contribution in [2.24, 2.45) is 0 Å². The van der Waals surface area contributed by atoms with Gasteiger partial charge in [-0.05, 0) is 68.5 Å². The van der Waals surface area contributed by atoms with E-state index in [2.05, 4.69) is 5.32 Å². The first-order valence-corrected chi connectivity index (χ1v) is 15.5. The van der Waals surface area contributed by atoms with Crippen LogP contribution in [0.3, 0.4) is 0 Å². The molecule has 3 aromatic rings. The van der Waals surface area contributed by atoms with E-state index in [0.29, 0.717) is 18.5 Å². The minimum absolute atomic E-state index is 0.0844. The van der Waals surface area contributed by atoms with E-state index in [0.717, 1.165) is 22.3 Å². The first-order chi connectivity index (χ1) is 19.0. The van der Waals surface area contributed by atoms with Crippen LogP contribution in [0.1, 0.15) is 48.9 Å². The number of carbonyl (C=O) groups is 2. The number of rotatable bonds is 13. The molecule has 0 heterocycles. The third kappa shape index (κ3) is 8.95. The van der Waals surface area contributed by atoms with Crippen LogP contribution >= 0.6 is 0 Å². The number of nitrogens with zero attached hydrogens (tertiary/aromatic N) is 2. The molecule has 2 amide bonds. The van der Waals surface area contributed by atoms with Crippen molar-refractivity contribution in [3.05, 3.63) is 101 Å². The zero-order chi connectivity index (χ0) is 29.3. The van der Waals surface area contributed by atoms with Crippen LogP contribution in [0.4, 0.5) is 5.69 Å². The van der Waals surface area contributed by atoms with E-state index in [4.69, 9.17) is 0 Å². The lowest BCUT2D eigenvalue weighted by molar-refractivity contribution is -0.141. The molecule has 3 rings (SSSR count). The largest absolute Gasteiger partial charge is 0.352 e. The SMILES string of the molecule is Cc1cccc(N(CCCC(=O)N(Cc2ccccc2C)[C@H](Cc2ccccc2)C(=O)NC(C)C)S(C)(=O)=O)c1. The Kier molecular flexibility index (Phi) is 10.9. The van der Waals surface area contributed by atoms with Crippen molar-refractivity contribution >= 4 is 27.5 Å². The standard InChI is InChI=1S/C32H41N3O4S/c1-24(2)33-32(37)30(22-27-15-7-6-8-16-27)34(23-28-17-10-9-14-26(28)4)31(36)19-12-20-35(40(5,38)39)29-18-11-13-25(3)21-29/h6-11,13-18,21,24,30H,12,19-20,22-23H2,1-5H3,(H,33,37)/t30-/m1/s1. The molecule has 0 unspecified atom stereocenters. The molecule has 1 atom stereocenters. The normalized spacial score (nSPS) is 12.2. The predicted molar refractivity (Wildman–Crippen MR) is 162 cm³/mol. The van der Waals surface area contributed by atoms with E-state index in [1.54, 1.807) is 11.0 Å². The van der Waals surface area contributed by atoms with Gasteiger partial charge >= 0.3 is 0 Å². The number of aryl methyl sites for hydroxylation is 2. The maximum Gasteiger partial charge on any atom is 0.243 e. The highest BCUT2D eigenvalue weighted by Crippen LogP contribution is 2.22. The van der Waals surface area contributed by atoms with E-state index in [-0.39, 0.29) is 37.4 Å². The van der Waals surface area contributed by atoms with Gasteiger partial charge in [-0.1, -0.05) is 66.7 Å². The van der Waals surface area contributed by atoms with Crippen LogP contribution in [-0.2, 0) is 32.6 Å². The van der Waals surface area contributed by atoms with E-state index in [1.807, 2.05) is 100 Å². The maximum absolute atomic E-state index is 13.9. The second-order valence-electron chi connectivity index (χ2n) is 10.6. The molecule has 8 heteroatoms. The summed E-state index contributed by atoms with van der Waals surface area (Å²) in [5.41, 5.74) is 4.47. The van der Waals surface area contributed by atoms with Crippen molar-refractivity contribution in [1.29, 1.82) is 0 Å². The number of hydrogen-bond donors (Lipinski definition) is 1. The number of nitrogens with one attached hydrogen (secondary N) is 1. The van der Waals surface area contributed by atoms with Gasteiger partial charge in [0.05, 0.1) is 11.9 Å². The summed E-state index contributed by atoms with van der Waals surface area (Å²) < 4.78 is 26.6. The summed E-state index contributed by atoms with van der Waals surface area (Å²) in [5, 5.41) is 3.00. The molecule has 40 heavy (non-hydrogen) atoms. The molecule has 1 N–H and O–H groups in total. The van der Waals surface area contributed by atoms with Crippen molar-refractivity contribution in [3.63, 3.8) is 0 Å². The molecule has 7 nitrogen and oxygen atoms in total. The van der Waals surface area contributed by atoms with Gasteiger partial charge in [0.15, 0.2) is 0 Å². The lowest BCUT2D eigenvalue weighted by Crippen LogP contribution is -2.52. The van der Waals surface area contributed by atoms with Crippen molar-refractivity contribution < 1.29 is 18.0 Å². The number of carbonyl (C=O) groups excluding carboxylic acids is 2. The Labute approximate surface area is 239 Å². The zero-order valence-corrected chi connectivity index (χ0v) is 24.9. The van der Waals surface area contributed by atoms with Crippen molar-refractivity contribution in [1.82, 2.24) is 10.2 Å². The Bertz CT molecular complexity index is 1390. The number of anilines is 1. The van der Waals surface area contributed by atoms with Gasteiger partial charge in [-0.15, -0.1) is 0 Å². The molecule has 0 aliphatic rings. The van der Waals surface area contributed by atoms with Crippen LogP contribution in [0.25, 0.3) is 0 Å². The topological polar surface area (TPSA) is 86.8 Å². The summed E-state index contributed by atoms with van der Waals surface area (Å²) in [6.45, 7) is 8.14. The molecular formula is C32H41N3O4S. The van der Waals surface area contributed by atoms with Crippen LogP contribution < -0.4 is 9.62 Å². The van der Waals surface area contributed by atoms with Gasteiger partial charge in [0.2, 0.25) is 21.8 Å². The van der Waals surface area contributed by atoms with Gasteiger partial charge in [-0.25, -0.2) is 8.42 Å². The molecule has 0 saturated heterocycles. The lowest BCUT2D eigenvalue weighted by Gasteiger charge is -2.33. The molecule has 3 aromatic carbocycles. The Morgan fingerprint density at radius 3 is 2.20 bits per heavy atom. The number of sulfonamides is 1. The third-order valence-electron chi connectivity index (χ3n) is 6.75. The predicted octanol–water partition coefficient (Wildman–Crippen LogP) is 5.01. The van der Waals surface area contributed by atoms with Crippen LogP contribution in [0, 0.1) is 13.8 Å². The summed E-state index contributed by atoms with van der Waals surface area (Å²) in [6.07, 6.45) is 1.96. The van der Waals surface area contributed by atoms with E-state index >= 15 is 0 Å². The Balaban J connectivity index is 1.89.